The molecular weight excluding hydrogens is 332 g/mol. The fourth-order valence-electron chi connectivity index (χ4n) is 3.00. The minimum absolute atomic E-state index is 0.290. The Morgan fingerprint density at radius 1 is 1.15 bits per heavy atom. The van der Waals surface area contributed by atoms with Crippen molar-refractivity contribution in [1.82, 2.24) is 9.97 Å². The second-order valence-electron chi connectivity index (χ2n) is 6.45. The van der Waals surface area contributed by atoms with Gasteiger partial charge in [-0.15, -0.1) is 0 Å². The number of hydrogen-bond donors (Lipinski definition) is 1. The van der Waals surface area contributed by atoms with Crippen molar-refractivity contribution in [3.63, 3.8) is 0 Å². The van der Waals surface area contributed by atoms with Gasteiger partial charge in [-0.05, 0) is 30.9 Å². The van der Waals surface area contributed by atoms with Gasteiger partial charge in [-0.25, -0.2) is 9.97 Å². The van der Waals surface area contributed by atoms with Crippen molar-refractivity contribution in [2.75, 3.05) is 37.5 Å². The summed E-state index contributed by atoms with van der Waals surface area (Å²) in [6.07, 6.45) is 3.78. The maximum atomic E-state index is 12.6. The van der Waals surface area contributed by atoms with Gasteiger partial charge in [-0.2, -0.15) is 0 Å². The molecule has 0 atom stereocenters. The van der Waals surface area contributed by atoms with Gasteiger partial charge in [0.15, 0.2) is 0 Å². The Bertz CT molecular complexity index is 773. The highest BCUT2D eigenvalue weighted by Gasteiger charge is 2.18. The van der Waals surface area contributed by atoms with E-state index < -0.39 is 0 Å². The highest BCUT2D eigenvalue weighted by molar-refractivity contribution is 6.06. The predicted molar refractivity (Wildman–Crippen MR) is 100 cm³/mol. The molecule has 1 aliphatic heterocycles. The molecule has 1 N–H and O–H groups in total. The largest absolute Gasteiger partial charge is 0.497 e. The lowest BCUT2D eigenvalue weighted by Gasteiger charge is -2.31. The zero-order valence-corrected chi connectivity index (χ0v) is 15.4. The molecule has 2 aromatic rings. The molecule has 0 saturated carbocycles. The quantitative estimate of drug-likeness (QED) is 0.887. The molecule has 7 heteroatoms. The van der Waals surface area contributed by atoms with Gasteiger partial charge in [0.1, 0.15) is 29.5 Å². The van der Waals surface area contributed by atoms with Crippen molar-refractivity contribution in [3.8, 4) is 11.5 Å². The van der Waals surface area contributed by atoms with E-state index in [2.05, 4.69) is 27.1 Å². The van der Waals surface area contributed by atoms with Crippen LogP contribution in [-0.2, 0) is 0 Å². The Kier molecular flexibility index (Phi) is 5.55. The first-order chi connectivity index (χ1) is 12.6. The first-order valence-electron chi connectivity index (χ1n) is 8.71. The molecule has 1 saturated heterocycles. The minimum Gasteiger partial charge on any atom is -0.497 e. The van der Waals surface area contributed by atoms with Gasteiger partial charge in [-0.1, -0.05) is 6.92 Å². The van der Waals surface area contributed by atoms with Gasteiger partial charge in [0.05, 0.1) is 19.8 Å². The predicted octanol–water partition coefficient (Wildman–Crippen LogP) is 2.98. The number of nitrogens with zero attached hydrogens (tertiary/aromatic N) is 3. The van der Waals surface area contributed by atoms with Crippen LogP contribution in [0.1, 0.15) is 30.1 Å². The standard InChI is InChI=1S/C19H24N4O3/c1-13-6-8-23(9-7-13)18-11-17(20-12-21-18)22-19(24)15-5-4-14(25-2)10-16(15)26-3/h4-5,10-13H,6-9H2,1-3H3,(H,20,21,22,24). The van der Waals surface area contributed by atoms with Gasteiger partial charge in [0, 0.05) is 25.2 Å². The van der Waals surface area contributed by atoms with Crippen LogP contribution in [0.15, 0.2) is 30.6 Å². The summed E-state index contributed by atoms with van der Waals surface area (Å²) in [5.74, 6) is 2.83. The zero-order chi connectivity index (χ0) is 18.5. The van der Waals surface area contributed by atoms with Crippen LogP contribution in [-0.4, -0.2) is 43.2 Å². The van der Waals surface area contributed by atoms with Crippen LogP contribution in [0.3, 0.4) is 0 Å². The number of piperidine rings is 1. The molecule has 2 heterocycles. The van der Waals surface area contributed by atoms with E-state index in [4.69, 9.17) is 9.47 Å². The zero-order valence-electron chi connectivity index (χ0n) is 15.4. The number of ether oxygens (including phenoxy) is 2. The Morgan fingerprint density at radius 3 is 2.62 bits per heavy atom. The second-order valence-corrected chi connectivity index (χ2v) is 6.45. The SMILES string of the molecule is COc1ccc(C(=O)Nc2cc(N3CCC(C)CC3)ncn2)c(OC)c1. The number of anilines is 2. The topological polar surface area (TPSA) is 76.6 Å². The third-order valence-electron chi connectivity index (χ3n) is 4.66. The summed E-state index contributed by atoms with van der Waals surface area (Å²) in [5.41, 5.74) is 0.417. The molecular formula is C19H24N4O3. The summed E-state index contributed by atoms with van der Waals surface area (Å²) in [6, 6.07) is 6.87. The molecule has 0 aliphatic carbocycles. The number of benzene rings is 1. The van der Waals surface area contributed by atoms with E-state index in [1.165, 1.54) is 13.4 Å². The summed E-state index contributed by atoms with van der Waals surface area (Å²) < 4.78 is 10.5. The first-order valence-corrected chi connectivity index (χ1v) is 8.71. The van der Waals surface area contributed by atoms with Crippen LogP contribution < -0.4 is 19.7 Å². The molecule has 0 bridgehead atoms. The van der Waals surface area contributed by atoms with Gasteiger partial charge < -0.3 is 19.7 Å². The Morgan fingerprint density at radius 2 is 1.92 bits per heavy atom. The molecule has 0 spiro atoms. The van der Waals surface area contributed by atoms with E-state index >= 15 is 0 Å². The van der Waals surface area contributed by atoms with Crippen molar-refractivity contribution in [3.05, 3.63) is 36.2 Å². The summed E-state index contributed by atoms with van der Waals surface area (Å²) in [5, 5.41) is 2.82. The average Bonchev–Trinajstić information content (AvgIpc) is 2.68. The molecule has 1 aromatic carbocycles. The molecule has 1 fully saturated rings. The molecule has 7 nitrogen and oxygen atoms in total. The van der Waals surface area contributed by atoms with Crippen LogP contribution >= 0.6 is 0 Å². The Balaban J connectivity index is 1.75. The first kappa shape index (κ1) is 18.0. The molecule has 1 amide bonds. The van der Waals surface area contributed by atoms with Crippen molar-refractivity contribution in [2.45, 2.75) is 19.8 Å². The van der Waals surface area contributed by atoms with Crippen LogP contribution in [0.5, 0.6) is 11.5 Å². The van der Waals surface area contributed by atoms with Crippen LogP contribution in [0, 0.1) is 5.92 Å². The van der Waals surface area contributed by atoms with Gasteiger partial charge in [-0.3, -0.25) is 4.79 Å². The van der Waals surface area contributed by atoms with Crippen LogP contribution in [0.25, 0.3) is 0 Å². The number of amides is 1. The lowest BCUT2D eigenvalue weighted by molar-refractivity contribution is 0.102. The normalized spacial score (nSPS) is 14.8. The lowest BCUT2D eigenvalue weighted by Crippen LogP contribution is -2.33. The summed E-state index contributed by atoms with van der Waals surface area (Å²) in [6.45, 7) is 4.21. The fourth-order valence-corrected chi connectivity index (χ4v) is 3.00. The van der Waals surface area contributed by atoms with E-state index in [1.54, 1.807) is 25.3 Å². The monoisotopic (exact) mass is 356 g/mol. The van der Waals surface area contributed by atoms with Crippen molar-refractivity contribution in [2.24, 2.45) is 5.92 Å². The van der Waals surface area contributed by atoms with Crippen molar-refractivity contribution in [1.29, 1.82) is 0 Å². The number of aromatic nitrogens is 2. The van der Waals surface area contributed by atoms with Gasteiger partial charge >= 0.3 is 0 Å². The highest BCUT2D eigenvalue weighted by Crippen LogP contribution is 2.26. The smallest absolute Gasteiger partial charge is 0.260 e. The van der Waals surface area contributed by atoms with E-state index in [1.807, 2.05) is 6.07 Å². The molecule has 3 rings (SSSR count). The molecule has 1 aliphatic rings. The number of carbonyl (C=O) groups is 1. The number of rotatable bonds is 5. The third kappa shape index (κ3) is 4.04. The third-order valence-corrected chi connectivity index (χ3v) is 4.66. The summed E-state index contributed by atoms with van der Waals surface area (Å²) >= 11 is 0. The van der Waals surface area contributed by atoms with E-state index in [0.717, 1.165) is 37.7 Å². The van der Waals surface area contributed by atoms with E-state index in [0.29, 0.717) is 22.9 Å². The van der Waals surface area contributed by atoms with Gasteiger partial charge in [0.25, 0.3) is 5.91 Å². The Labute approximate surface area is 153 Å². The number of carbonyl (C=O) groups excluding carboxylic acids is 1. The molecule has 138 valence electrons. The molecule has 0 radical (unpaired) electrons. The lowest BCUT2D eigenvalue weighted by atomic mass is 9.99. The number of methoxy groups -OCH3 is 2. The van der Waals surface area contributed by atoms with Gasteiger partial charge in [0.2, 0.25) is 0 Å². The van der Waals surface area contributed by atoms with E-state index in [9.17, 15) is 4.79 Å². The average molecular weight is 356 g/mol. The highest BCUT2D eigenvalue weighted by atomic mass is 16.5. The Hall–Kier alpha value is -2.83. The number of hydrogen-bond acceptors (Lipinski definition) is 6. The molecule has 0 unspecified atom stereocenters. The number of nitrogens with one attached hydrogen (secondary N) is 1. The van der Waals surface area contributed by atoms with Crippen molar-refractivity contribution >= 4 is 17.5 Å². The van der Waals surface area contributed by atoms with E-state index in [-0.39, 0.29) is 5.91 Å². The second kappa shape index (κ2) is 8.03. The summed E-state index contributed by atoms with van der Waals surface area (Å²) in [4.78, 5) is 23.4. The maximum Gasteiger partial charge on any atom is 0.260 e. The summed E-state index contributed by atoms with van der Waals surface area (Å²) in [7, 11) is 3.09. The minimum atomic E-state index is -0.290. The van der Waals surface area contributed by atoms with Crippen molar-refractivity contribution < 1.29 is 14.3 Å². The van der Waals surface area contributed by atoms with Crippen LogP contribution in [0.2, 0.25) is 0 Å². The van der Waals surface area contributed by atoms with Crippen LogP contribution in [0.4, 0.5) is 11.6 Å². The molecule has 26 heavy (non-hydrogen) atoms. The fraction of sp³-hybridized carbons (Fsp3) is 0.421. The maximum absolute atomic E-state index is 12.6. The molecule has 1 aromatic heterocycles.